The molecular weight excluding hydrogens is 995 g/mol. The summed E-state index contributed by atoms with van der Waals surface area (Å²) in [6, 6.07) is -0.622. The maximum Gasteiger partial charge on any atom is 0.305 e. The molecule has 0 rings (SSSR count). The Hall–Kier alpha value is -1.40. The fourth-order valence-corrected chi connectivity index (χ4v) is 12.1. The van der Waals surface area contributed by atoms with E-state index in [4.69, 9.17) is 4.74 Å². The molecule has 0 aromatic rings. The molecule has 81 heavy (non-hydrogen) atoms. The Morgan fingerprint density at radius 3 is 0.840 bits per heavy atom. The number of ether oxygens (including phenoxy) is 1. The normalized spacial score (nSPS) is 12.5. The van der Waals surface area contributed by atoms with Crippen LogP contribution < -0.4 is 5.32 Å². The van der Waals surface area contributed by atoms with Crippen LogP contribution in [0.15, 0.2) is 12.2 Å². The summed E-state index contributed by atoms with van der Waals surface area (Å²) in [6.45, 7) is 4.95. The van der Waals surface area contributed by atoms with Crippen molar-refractivity contribution >= 4 is 11.9 Å². The van der Waals surface area contributed by atoms with Gasteiger partial charge in [0.05, 0.1) is 25.4 Å². The van der Waals surface area contributed by atoms with Crippen LogP contribution in [-0.2, 0) is 14.3 Å². The fourth-order valence-electron chi connectivity index (χ4n) is 12.1. The molecule has 0 radical (unpaired) electrons. The van der Waals surface area contributed by atoms with Gasteiger partial charge in [-0.25, -0.2) is 0 Å². The van der Waals surface area contributed by atoms with Gasteiger partial charge in [0.2, 0.25) is 5.91 Å². The van der Waals surface area contributed by atoms with Gasteiger partial charge < -0.3 is 20.3 Å². The first-order valence-electron chi connectivity index (χ1n) is 37.5. The van der Waals surface area contributed by atoms with Gasteiger partial charge in [0.1, 0.15) is 0 Å². The molecule has 1 amide bonds. The second-order valence-electron chi connectivity index (χ2n) is 26.0. The van der Waals surface area contributed by atoms with Crippen molar-refractivity contribution in [3.05, 3.63) is 12.2 Å². The molecule has 0 aliphatic carbocycles. The lowest BCUT2D eigenvalue weighted by Crippen LogP contribution is -2.45. The van der Waals surface area contributed by atoms with Crippen LogP contribution in [0.4, 0.5) is 0 Å². The Morgan fingerprint density at radius 2 is 0.568 bits per heavy atom. The number of unbranched alkanes of at least 4 members (excludes halogenated alkanes) is 60. The standard InChI is InChI=1S/C75H147NO5/c1-3-5-7-9-11-13-15-17-44-47-51-55-59-63-67-73(78)72(71-77)76-74(79)68-64-60-56-52-48-45-41-39-37-35-33-31-29-27-25-23-21-19-18-20-22-24-26-28-30-32-34-36-38-40-42-46-50-54-58-62-66-70-81-75(80)69-65-61-57-53-49-43-16-14-12-10-8-6-4-2/h63,67,72-73,77-78H,3-62,64-66,68-71H2,1-2H3,(H,76,79)/b67-63+. The molecule has 0 spiro atoms. The van der Waals surface area contributed by atoms with E-state index in [2.05, 4.69) is 19.2 Å². The van der Waals surface area contributed by atoms with Crippen molar-refractivity contribution in [1.29, 1.82) is 0 Å². The lowest BCUT2D eigenvalue weighted by atomic mass is 10.0. The number of rotatable bonds is 71. The number of carbonyl (C=O) groups excluding carboxylic acids is 2. The molecule has 6 nitrogen and oxygen atoms in total. The highest BCUT2D eigenvalue weighted by Gasteiger charge is 2.18. The van der Waals surface area contributed by atoms with Crippen molar-refractivity contribution in [2.24, 2.45) is 0 Å². The number of hydrogen-bond acceptors (Lipinski definition) is 5. The molecule has 0 aliphatic heterocycles. The maximum absolute atomic E-state index is 12.5. The third-order valence-electron chi connectivity index (χ3n) is 17.8. The number of hydrogen-bond donors (Lipinski definition) is 3. The van der Waals surface area contributed by atoms with Gasteiger partial charge in [-0.3, -0.25) is 9.59 Å². The van der Waals surface area contributed by atoms with Crippen LogP contribution in [0.1, 0.15) is 431 Å². The molecule has 0 saturated carbocycles. The van der Waals surface area contributed by atoms with Crippen LogP contribution in [0.5, 0.6) is 0 Å². The smallest absolute Gasteiger partial charge is 0.305 e. The van der Waals surface area contributed by atoms with Crippen molar-refractivity contribution in [2.45, 2.75) is 443 Å². The molecule has 6 heteroatoms. The van der Waals surface area contributed by atoms with E-state index in [9.17, 15) is 19.8 Å². The molecule has 482 valence electrons. The van der Waals surface area contributed by atoms with Gasteiger partial charge in [-0.05, 0) is 32.1 Å². The second kappa shape index (κ2) is 71.1. The monoisotopic (exact) mass is 1140 g/mol. The Bertz CT molecular complexity index is 1220. The predicted octanol–water partition coefficient (Wildman–Crippen LogP) is 24.3. The number of amides is 1. The van der Waals surface area contributed by atoms with E-state index in [1.807, 2.05) is 6.08 Å². The summed E-state index contributed by atoms with van der Waals surface area (Å²) in [5.41, 5.74) is 0. The molecule has 0 heterocycles. The number of allylic oxidation sites excluding steroid dienone is 1. The molecule has 2 unspecified atom stereocenters. The Morgan fingerprint density at radius 1 is 0.333 bits per heavy atom. The zero-order valence-corrected chi connectivity index (χ0v) is 55.3. The predicted molar refractivity (Wildman–Crippen MR) is 357 cm³/mol. The maximum atomic E-state index is 12.5. The van der Waals surface area contributed by atoms with Gasteiger partial charge in [-0.2, -0.15) is 0 Å². The Balaban J connectivity index is 3.29. The molecule has 2 atom stereocenters. The quantitative estimate of drug-likeness (QED) is 0.0320. The zero-order valence-electron chi connectivity index (χ0n) is 55.3. The first-order valence-corrected chi connectivity index (χ1v) is 37.5. The minimum absolute atomic E-state index is 0.0256. The third kappa shape index (κ3) is 67.6. The van der Waals surface area contributed by atoms with Crippen LogP contribution >= 0.6 is 0 Å². The fraction of sp³-hybridized carbons (Fsp3) is 0.947. The topological polar surface area (TPSA) is 95.9 Å². The molecular formula is C75H147NO5. The molecule has 0 aromatic carbocycles. The molecule has 0 aliphatic rings. The average molecular weight is 1140 g/mol. The number of carbonyl (C=O) groups is 2. The Kier molecular flexibility index (Phi) is 69.9. The van der Waals surface area contributed by atoms with Crippen molar-refractivity contribution in [2.75, 3.05) is 13.2 Å². The average Bonchev–Trinajstić information content (AvgIpc) is 3.47. The highest BCUT2D eigenvalue weighted by atomic mass is 16.5. The van der Waals surface area contributed by atoms with Crippen LogP contribution in [-0.4, -0.2) is 47.4 Å². The van der Waals surface area contributed by atoms with Crippen molar-refractivity contribution < 1.29 is 24.5 Å². The number of nitrogens with one attached hydrogen (secondary N) is 1. The molecule has 3 N–H and O–H groups in total. The van der Waals surface area contributed by atoms with E-state index in [0.29, 0.717) is 19.4 Å². The van der Waals surface area contributed by atoms with Crippen LogP contribution in [0.25, 0.3) is 0 Å². The molecule has 0 saturated heterocycles. The van der Waals surface area contributed by atoms with Crippen LogP contribution in [0, 0.1) is 0 Å². The summed E-state index contributed by atoms with van der Waals surface area (Å²) < 4.78 is 5.50. The summed E-state index contributed by atoms with van der Waals surface area (Å²) in [5.74, 6) is -0.0339. The minimum atomic E-state index is -0.839. The summed E-state index contributed by atoms with van der Waals surface area (Å²) in [4.78, 5) is 24.5. The largest absolute Gasteiger partial charge is 0.466 e. The number of aliphatic hydroxyl groups is 2. The summed E-state index contributed by atoms with van der Waals surface area (Å²) in [6.07, 6.45) is 89.0. The molecule has 0 aromatic heterocycles. The first kappa shape index (κ1) is 79.6. The second-order valence-corrected chi connectivity index (χ2v) is 26.0. The summed E-state index contributed by atoms with van der Waals surface area (Å²) >= 11 is 0. The van der Waals surface area contributed by atoms with Gasteiger partial charge in [0, 0.05) is 12.8 Å². The van der Waals surface area contributed by atoms with Gasteiger partial charge >= 0.3 is 5.97 Å². The van der Waals surface area contributed by atoms with E-state index in [1.165, 1.54) is 366 Å². The van der Waals surface area contributed by atoms with E-state index < -0.39 is 12.1 Å². The van der Waals surface area contributed by atoms with Crippen molar-refractivity contribution in [3.8, 4) is 0 Å². The summed E-state index contributed by atoms with van der Waals surface area (Å²) in [7, 11) is 0. The highest BCUT2D eigenvalue weighted by Crippen LogP contribution is 2.20. The van der Waals surface area contributed by atoms with Gasteiger partial charge in [-0.15, -0.1) is 0 Å². The minimum Gasteiger partial charge on any atom is -0.466 e. The SMILES string of the molecule is CCCCCCCCCCCCCC/C=C/C(O)C(CO)NC(=O)CCCCCCCCCCCCCCCCCCCCCCCCCCCCCCCCCCCCCCCOC(=O)CCCCCCCCCCCCCCC. The lowest BCUT2D eigenvalue weighted by molar-refractivity contribution is -0.143. The van der Waals surface area contributed by atoms with E-state index in [1.54, 1.807) is 6.08 Å². The molecule has 0 fully saturated rings. The first-order chi connectivity index (χ1) is 40.0. The molecule has 0 bridgehead atoms. The van der Waals surface area contributed by atoms with Crippen LogP contribution in [0.3, 0.4) is 0 Å². The Labute approximate surface area is 508 Å². The van der Waals surface area contributed by atoms with E-state index in [0.717, 1.165) is 38.5 Å². The van der Waals surface area contributed by atoms with E-state index in [-0.39, 0.29) is 18.5 Å². The zero-order chi connectivity index (χ0) is 58.5. The van der Waals surface area contributed by atoms with Gasteiger partial charge in [0.25, 0.3) is 0 Å². The van der Waals surface area contributed by atoms with Crippen LogP contribution in [0.2, 0.25) is 0 Å². The number of aliphatic hydroxyl groups excluding tert-OH is 2. The van der Waals surface area contributed by atoms with Crippen molar-refractivity contribution in [1.82, 2.24) is 5.32 Å². The van der Waals surface area contributed by atoms with Gasteiger partial charge in [-0.1, -0.05) is 398 Å². The van der Waals surface area contributed by atoms with E-state index >= 15 is 0 Å². The third-order valence-corrected chi connectivity index (χ3v) is 17.8. The van der Waals surface area contributed by atoms with Crippen molar-refractivity contribution in [3.63, 3.8) is 0 Å². The highest BCUT2D eigenvalue weighted by molar-refractivity contribution is 5.76. The number of esters is 1. The lowest BCUT2D eigenvalue weighted by Gasteiger charge is -2.20. The summed E-state index contributed by atoms with van der Waals surface area (Å²) in [5, 5.41) is 23.2. The van der Waals surface area contributed by atoms with Gasteiger partial charge in [0.15, 0.2) is 0 Å².